The van der Waals surface area contributed by atoms with E-state index in [0.717, 1.165) is 23.1 Å². The van der Waals surface area contributed by atoms with Crippen LogP contribution >= 0.6 is 0 Å². The highest BCUT2D eigenvalue weighted by molar-refractivity contribution is 6.13. The fourth-order valence-corrected chi connectivity index (χ4v) is 3.98. The summed E-state index contributed by atoms with van der Waals surface area (Å²) in [7, 11) is 0. The molecule has 2 N–H and O–H groups in total. The van der Waals surface area contributed by atoms with Gasteiger partial charge in [0.15, 0.2) is 0 Å². The smallest absolute Gasteiger partial charge is 0.200 e. The average molecular weight is 503 g/mol. The van der Waals surface area contributed by atoms with Crippen LogP contribution < -0.4 is 4.74 Å². The quantitative estimate of drug-likeness (QED) is 0.226. The summed E-state index contributed by atoms with van der Waals surface area (Å²) < 4.78 is 6.19. The lowest BCUT2D eigenvalue weighted by Crippen LogP contribution is -2.14. The van der Waals surface area contributed by atoms with Gasteiger partial charge in [-0.2, -0.15) is 0 Å². The van der Waals surface area contributed by atoms with Gasteiger partial charge in [-0.25, -0.2) is 0 Å². The Morgan fingerprint density at radius 3 is 2.00 bits per heavy atom. The van der Waals surface area contributed by atoms with E-state index in [0.29, 0.717) is 29.5 Å². The molecule has 198 valence electrons. The van der Waals surface area contributed by atoms with Crippen molar-refractivity contribution in [1.82, 2.24) is 0 Å². The molecule has 2 aromatic rings. The van der Waals surface area contributed by atoms with Crippen molar-refractivity contribution in [2.24, 2.45) is 5.92 Å². The maximum absolute atomic E-state index is 13.8. The van der Waals surface area contributed by atoms with Crippen LogP contribution in [0.2, 0.25) is 0 Å². The van der Waals surface area contributed by atoms with Crippen molar-refractivity contribution in [1.29, 1.82) is 0 Å². The molecule has 0 saturated heterocycles. The zero-order chi connectivity index (χ0) is 27.7. The minimum atomic E-state index is -0.346. The van der Waals surface area contributed by atoms with Gasteiger partial charge < -0.3 is 14.9 Å². The molecule has 0 fully saturated rings. The molecule has 2 rings (SSSR count). The van der Waals surface area contributed by atoms with Crippen LogP contribution in [0.25, 0.3) is 0 Å². The van der Waals surface area contributed by atoms with E-state index < -0.39 is 0 Å². The Labute approximate surface area is 222 Å². The van der Waals surface area contributed by atoms with Crippen LogP contribution in [0.3, 0.4) is 0 Å². The van der Waals surface area contributed by atoms with Crippen LogP contribution in [0.15, 0.2) is 77.4 Å². The van der Waals surface area contributed by atoms with Crippen LogP contribution in [0, 0.1) is 5.92 Å². The fourth-order valence-electron chi connectivity index (χ4n) is 3.98. The minimum Gasteiger partial charge on any atom is -0.507 e. The first-order valence-electron chi connectivity index (χ1n) is 12.8. The number of hydrogen-bond acceptors (Lipinski definition) is 4. The lowest BCUT2D eigenvalue weighted by atomic mass is 9.85. The van der Waals surface area contributed by atoms with Crippen molar-refractivity contribution in [3.05, 3.63) is 99.7 Å². The molecule has 0 amide bonds. The van der Waals surface area contributed by atoms with Crippen LogP contribution in [0.5, 0.6) is 17.2 Å². The molecule has 0 radical (unpaired) electrons. The lowest BCUT2D eigenvalue weighted by Gasteiger charge is -2.24. The van der Waals surface area contributed by atoms with Gasteiger partial charge in [-0.1, -0.05) is 71.4 Å². The molecule has 2 aromatic carbocycles. The highest BCUT2D eigenvalue weighted by Gasteiger charge is 2.30. The Balaban J connectivity index is 2.86. The summed E-state index contributed by atoms with van der Waals surface area (Å²) in [5.74, 6) is -0.370. The Kier molecular flexibility index (Phi) is 11.0. The first-order chi connectivity index (χ1) is 17.4. The number of ketones is 1. The Morgan fingerprint density at radius 2 is 1.46 bits per heavy atom. The zero-order valence-corrected chi connectivity index (χ0v) is 23.4. The van der Waals surface area contributed by atoms with Gasteiger partial charge in [0.2, 0.25) is 5.78 Å². The van der Waals surface area contributed by atoms with E-state index >= 15 is 0 Å². The summed E-state index contributed by atoms with van der Waals surface area (Å²) in [6.07, 6.45) is 7.45. The number of rotatable bonds is 12. The fraction of sp³-hybridized carbons (Fsp3) is 0.364. The number of allylic oxidation sites excluding steroid dienone is 6. The van der Waals surface area contributed by atoms with Gasteiger partial charge in [0.1, 0.15) is 29.4 Å². The van der Waals surface area contributed by atoms with Crippen molar-refractivity contribution >= 4 is 5.78 Å². The third kappa shape index (κ3) is 8.24. The van der Waals surface area contributed by atoms with E-state index in [9.17, 15) is 15.0 Å². The number of carbonyl (C=O) groups excluding carboxylic acids is 1. The van der Waals surface area contributed by atoms with Gasteiger partial charge in [0.05, 0.1) is 0 Å². The molecule has 0 bridgehead atoms. The Morgan fingerprint density at radius 1 is 0.865 bits per heavy atom. The van der Waals surface area contributed by atoms with Crippen molar-refractivity contribution in [2.45, 2.75) is 67.7 Å². The summed E-state index contributed by atoms with van der Waals surface area (Å²) in [6, 6.07) is 8.85. The number of phenolic OH excluding ortho intramolecular Hbond substituents is 2. The molecule has 0 spiro atoms. The molecule has 0 aromatic heterocycles. The first-order valence-corrected chi connectivity index (χ1v) is 12.8. The number of hydrogen-bond donors (Lipinski definition) is 2. The summed E-state index contributed by atoms with van der Waals surface area (Å²) in [4.78, 5) is 13.8. The predicted octanol–water partition coefficient (Wildman–Crippen LogP) is 8.27. The molecule has 0 saturated carbocycles. The van der Waals surface area contributed by atoms with Gasteiger partial charge in [0, 0.05) is 16.7 Å². The van der Waals surface area contributed by atoms with Gasteiger partial charge in [0.25, 0.3) is 0 Å². The third-order valence-corrected chi connectivity index (χ3v) is 6.25. The van der Waals surface area contributed by atoms with Crippen LogP contribution in [0.1, 0.15) is 81.9 Å². The summed E-state index contributed by atoms with van der Waals surface area (Å²) in [6.45, 7) is 18.3. The Hall–Kier alpha value is -3.53. The van der Waals surface area contributed by atoms with Crippen LogP contribution in [-0.4, -0.2) is 22.6 Å². The molecule has 0 aliphatic carbocycles. The Bertz CT molecular complexity index is 1200. The maximum atomic E-state index is 13.8. The molecule has 0 aliphatic heterocycles. The molecular formula is C33H42O4. The molecular weight excluding hydrogens is 460 g/mol. The topological polar surface area (TPSA) is 66.8 Å². The second kappa shape index (κ2) is 13.7. The lowest BCUT2D eigenvalue weighted by molar-refractivity contribution is 0.103. The molecule has 4 heteroatoms. The van der Waals surface area contributed by atoms with Crippen LogP contribution in [0.4, 0.5) is 0 Å². The molecule has 37 heavy (non-hydrogen) atoms. The van der Waals surface area contributed by atoms with Crippen molar-refractivity contribution in [3.8, 4) is 17.2 Å². The number of phenols is 2. The molecule has 4 nitrogen and oxygen atoms in total. The molecule has 0 heterocycles. The van der Waals surface area contributed by atoms with Crippen molar-refractivity contribution < 1.29 is 19.7 Å². The summed E-state index contributed by atoms with van der Waals surface area (Å²) in [5, 5.41) is 22.9. The van der Waals surface area contributed by atoms with E-state index in [4.69, 9.17) is 4.74 Å². The number of ether oxygens (including phenoxy) is 1. The molecule has 1 unspecified atom stereocenters. The van der Waals surface area contributed by atoms with Gasteiger partial charge in [-0.3, -0.25) is 4.79 Å². The number of aromatic hydroxyl groups is 2. The summed E-state index contributed by atoms with van der Waals surface area (Å²) >= 11 is 0. The standard InChI is InChI=1S/C33H42O4/c1-21(2)14-16-26(24(7)8)20-28-31(35)27(17-15-22(3)4)32(36)29(33(28)37-19-18-23(5)6)30(34)25-12-10-9-11-13-25/h9-15,18,26,35-36H,7,16-17,19-20H2,1-6,8H3. The monoisotopic (exact) mass is 502 g/mol. The van der Waals surface area contributed by atoms with Crippen molar-refractivity contribution in [3.63, 3.8) is 0 Å². The normalized spacial score (nSPS) is 11.3. The van der Waals surface area contributed by atoms with E-state index in [2.05, 4.69) is 26.5 Å². The number of carbonyl (C=O) groups is 1. The second-order valence-electron chi connectivity index (χ2n) is 10.4. The molecule has 1 atom stereocenters. The van der Waals surface area contributed by atoms with Gasteiger partial charge >= 0.3 is 0 Å². The van der Waals surface area contributed by atoms with E-state index in [1.165, 1.54) is 5.57 Å². The third-order valence-electron chi connectivity index (χ3n) is 6.25. The minimum absolute atomic E-state index is 0.0205. The highest BCUT2D eigenvalue weighted by Crippen LogP contribution is 2.46. The largest absolute Gasteiger partial charge is 0.507 e. The van der Waals surface area contributed by atoms with Crippen LogP contribution in [-0.2, 0) is 12.8 Å². The maximum Gasteiger partial charge on any atom is 0.200 e. The average Bonchev–Trinajstić information content (AvgIpc) is 2.82. The van der Waals surface area contributed by atoms with E-state index in [1.807, 2.05) is 52.8 Å². The zero-order valence-electron chi connectivity index (χ0n) is 23.4. The molecule has 0 aliphatic rings. The highest BCUT2D eigenvalue weighted by atomic mass is 16.5. The predicted molar refractivity (Wildman–Crippen MR) is 154 cm³/mol. The summed E-state index contributed by atoms with van der Waals surface area (Å²) in [5.41, 5.74) is 5.65. The number of benzene rings is 2. The van der Waals surface area contributed by atoms with Gasteiger partial charge in [-0.15, -0.1) is 0 Å². The van der Waals surface area contributed by atoms with E-state index in [-0.39, 0.29) is 41.1 Å². The van der Waals surface area contributed by atoms with Crippen molar-refractivity contribution in [2.75, 3.05) is 6.61 Å². The first kappa shape index (κ1) is 29.7. The van der Waals surface area contributed by atoms with Gasteiger partial charge in [-0.05, 0) is 79.7 Å². The van der Waals surface area contributed by atoms with E-state index in [1.54, 1.807) is 24.3 Å². The SMILES string of the molecule is C=C(C)C(CC=C(C)C)Cc1c(O)c(CC=C(C)C)c(O)c(C(=O)c2ccccc2)c1OCC=C(C)C. The second-order valence-corrected chi connectivity index (χ2v) is 10.4.